The number of carbonyl (C=O) groups excluding carboxylic acids is 1. The summed E-state index contributed by atoms with van der Waals surface area (Å²) in [7, 11) is -3.54. The number of aryl methyl sites for hydroxylation is 2. The molecule has 1 aromatic rings. The van der Waals surface area contributed by atoms with E-state index in [2.05, 4.69) is 11.6 Å². The van der Waals surface area contributed by atoms with Gasteiger partial charge < -0.3 is 4.90 Å². The fraction of sp³-hybridized carbons (Fsp3) is 0.588. The van der Waals surface area contributed by atoms with E-state index in [1.807, 2.05) is 13.0 Å². The minimum Gasteiger partial charge on any atom is -0.342 e. The van der Waals surface area contributed by atoms with Gasteiger partial charge in [0, 0.05) is 26.6 Å². The number of nitrogens with one attached hydrogen (secondary N) is 1. The predicted molar refractivity (Wildman–Crippen MR) is 92.9 cm³/mol. The molecule has 0 bridgehead atoms. The van der Waals surface area contributed by atoms with Gasteiger partial charge in [0.15, 0.2) is 0 Å². The van der Waals surface area contributed by atoms with E-state index in [9.17, 15) is 13.2 Å². The number of hydrogen-bond donors (Lipinski definition) is 1. The van der Waals surface area contributed by atoms with Gasteiger partial charge in [-0.25, -0.2) is 13.1 Å². The van der Waals surface area contributed by atoms with Crippen molar-refractivity contribution in [3.8, 4) is 0 Å². The van der Waals surface area contributed by atoms with E-state index in [1.54, 1.807) is 24.0 Å². The Labute approximate surface area is 140 Å². The van der Waals surface area contributed by atoms with Crippen molar-refractivity contribution in [2.75, 3.05) is 19.6 Å². The van der Waals surface area contributed by atoms with Gasteiger partial charge in [0.05, 0.1) is 4.90 Å². The number of hydrogen-bond acceptors (Lipinski definition) is 3. The number of amides is 1. The highest BCUT2D eigenvalue weighted by molar-refractivity contribution is 7.89. The summed E-state index contributed by atoms with van der Waals surface area (Å²) in [6, 6.07) is 5.26. The molecule has 0 spiro atoms. The van der Waals surface area contributed by atoms with Gasteiger partial charge in [-0.2, -0.15) is 0 Å². The fourth-order valence-corrected chi connectivity index (χ4v) is 3.72. The summed E-state index contributed by atoms with van der Waals surface area (Å²) in [5.74, 6) is -0.0215. The molecule has 0 aliphatic rings. The van der Waals surface area contributed by atoms with Crippen LogP contribution in [0.4, 0.5) is 0 Å². The first-order chi connectivity index (χ1) is 10.8. The first-order valence-corrected chi connectivity index (χ1v) is 9.58. The Hall–Kier alpha value is -1.40. The monoisotopic (exact) mass is 340 g/mol. The topological polar surface area (TPSA) is 66.5 Å². The SMILES string of the molecule is CCCCCN(CCNS(=O)(=O)c1ccc(C)cc1C)C(C)=O. The van der Waals surface area contributed by atoms with E-state index < -0.39 is 10.0 Å². The Morgan fingerprint density at radius 3 is 2.43 bits per heavy atom. The number of sulfonamides is 1. The molecule has 0 fully saturated rings. The van der Waals surface area contributed by atoms with Gasteiger partial charge in [0.25, 0.3) is 0 Å². The molecule has 0 aliphatic carbocycles. The summed E-state index contributed by atoms with van der Waals surface area (Å²) in [5, 5.41) is 0. The van der Waals surface area contributed by atoms with Crippen LogP contribution in [0.3, 0.4) is 0 Å². The maximum Gasteiger partial charge on any atom is 0.240 e. The molecule has 1 aromatic carbocycles. The highest BCUT2D eigenvalue weighted by Gasteiger charge is 2.17. The first-order valence-electron chi connectivity index (χ1n) is 8.10. The summed E-state index contributed by atoms with van der Waals surface area (Å²) in [6.07, 6.45) is 3.10. The lowest BCUT2D eigenvalue weighted by Gasteiger charge is -2.21. The van der Waals surface area contributed by atoms with E-state index in [0.717, 1.165) is 30.4 Å². The molecule has 0 aliphatic heterocycles. The molecule has 0 unspecified atom stereocenters. The van der Waals surface area contributed by atoms with Crippen LogP contribution in [0.15, 0.2) is 23.1 Å². The molecule has 130 valence electrons. The smallest absolute Gasteiger partial charge is 0.240 e. The zero-order valence-corrected chi connectivity index (χ0v) is 15.4. The van der Waals surface area contributed by atoms with E-state index >= 15 is 0 Å². The third-order valence-electron chi connectivity index (χ3n) is 3.77. The Morgan fingerprint density at radius 1 is 1.17 bits per heavy atom. The molecule has 5 nitrogen and oxygen atoms in total. The van der Waals surface area contributed by atoms with Gasteiger partial charge >= 0.3 is 0 Å². The van der Waals surface area contributed by atoms with E-state index in [4.69, 9.17) is 0 Å². The van der Waals surface area contributed by atoms with E-state index in [-0.39, 0.29) is 12.5 Å². The molecule has 0 aromatic heterocycles. The Kier molecular flexibility index (Phi) is 7.72. The second-order valence-electron chi connectivity index (χ2n) is 5.88. The first kappa shape index (κ1) is 19.6. The molecular formula is C17H28N2O3S. The van der Waals surface area contributed by atoms with Crippen LogP contribution in [0.25, 0.3) is 0 Å². The molecule has 23 heavy (non-hydrogen) atoms. The van der Waals surface area contributed by atoms with Crippen molar-refractivity contribution in [1.82, 2.24) is 9.62 Å². The minimum atomic E-state index is -3.54. The van der Waals surface area contributed by atoms with Crippen molar-refractivity contribution in [3.05, 3.63) is 29.3 Å². The van der Waals surface area contributed by atoms with Crippen LogP contribution in [0, 0.1) is 13.8 Å². The molecule has 0 heterocycles. The van der Waals surface area contributed by atoms with Crippen molar-refractivity contribution < 1.29 is 13.2 Å². The van der Waals surface area contributed by atoms with Gasteiger partial charge in [0.1, 0.15) is 0 Å². The standard InChI is InChI=1S/C17H28N2O3S/c1-5-6-7-11-19(16(4)20)12-10-18-23(21,22)17-9-8-14(2)13-15(17)3/h8-9,13,18H,5-7,10-12H2,1-4H3. The second-order valence-corrected chi connectivity index (χ2v) is 7.62. The van der Waals surface area contributed by atoms with Crippen LogP contribution in [-0.2, 0) is 14.8 Å². The second kappa shape index (κ2) is 9.03. The average molecular weight is 340 g/mol. The van der Waals surface area contributed by atoms with Crippen molar-refractivity contribution >= 4 is 15.9 Å². The third-order valence-corrected chi connectivity index (χ3v) is 5.39. The zero-order chi connectivity index (χ0) is 17.5. The van der Waals surface area contributed by atoms with Crippen LogP contribution in [0.1, 0.15) is 44.2 Å². The molecule has 1 amide bonds. The Bertz CT molecular complexity index is 627. The number of nitrogens with zero attached hydrogens (tertiary/aromatic N) is 1. The Morgan fingerprint density at radius 2 is 1.87 bits per heavy atom. The summed E-state index contributed by atoms with van der Waals surface area (Å²) in [6.45, 7) is 8.63. The molecule has 0 radical (unpaired) electrons. The van der Waals surface area contributed by atoms with Gasteiger partial charge in [-0.1, -0.05) is 37.5 Å². The lowest BCUT2D eigenvalue weighted by atomic mass is 10.2. The van der Waals surface area contributed by atoms with Crippen LogP contribution in [0.5, 0.6) is 0 Å². The van der Waals surface area contributed by atoms with Gasteiger partial charge in [-0.15, -0.1) is 0 Å². The van der Waals surface area contributed by atoms with Crippen molar-refractivity contribution in [3.63, 3.8) is 0 Å². The van der Waals surface area contributed by atoms with Gasteiger partial charge in [-0.05, 0) is 31.9 Å². The zero-order valence-electron chi connectivity index (χ0n) is 14.6. The molecule has 0 saturated carbocycles. The largest absolute Gasteiger partial charge is 0.342 e. The Balaban J connectivity index is 2.62. The quantitative estimate of drug-likeness (QED) is 0.703. The third kappa shape index (κ3) is 6.31. The number of unbranched alkanes of at least 4 members (excludes halogenated alkanes) is 2. The van der Waals surface area contributed by atoms with Crippen molar-refractivity contribution in [2.24, 2.45) is 0 Å². The molecule has 6 heteroatoms. The van der Waals surface area contributed by atoms with Crippen LogP contribution >= 0.6 is 0 Å². The number of carbonyl (C=O) groups is 1. The summed E-state index contributed by atoms with van der Waals surface area (Å²) >= 11 is 0. The molecule has 0 atom stereocenters. The normalized spacial score (nSPS) is 11.5. The highest BCUT2D eigenvalue weighted by Crippen LogP contribution is 2.16. The molecule has 0 saturated heterocycles. The average Bonchev–Trinajstić information content (AvgIpc) is 2.45. The van der Waals surface area contributed by atoms with Gasteiger partial charge in [0.2, 0.25) is 15.9 Å². The van der Waals surface area contributed by atoms with E-state index in [0.29, 0.717) is 18.0 Å². The van der Waals surface area contributed by atoms with Crippen molar-refractivity contribution in [2.45, 2.75) is 51.9 Å². The fourth-order valence-electron chi connectivity index (χ4n) is 2.47. The van der Waals surface area contributed by atoms with Gasteiger partial charge in [-0.3, -0.25) is 4.79 Å². The maximum absolute atomic E-state index is 12.4. The summed E-state index contributed by atoms with van der Waals surface area (Å²) in [4.78, 5) is 13.6. The molecule has 1 N–H and O–H groups in total. The highest BCUT2D eigenvalue weighted by atomic mass is 32.2. The predicted octanol–water partition coefficient (Wildman–Crippen LogP) is 2.62. The molecular weight excluding hydrogens is 312 g/mol. The summed E-state index contributed by atoms with van der Waals surface area (Å²) in [5.41, 5.74) is 1.75. The maximum atomic E-state index is 12.4. The van der Waals surface area contributed by atoms with Crippen LogP contribution in [-0.4, -0.2) is 38.9 Å². The number of benzene rings is 1. The summed E-state index contributed by atoms with van der Waals surface area (Å²) < 4.78 is 27.3. The van der Waals surface area contributed by atoms with E-state index in [1.165, 1.54) is 6.92 Å². The lowest BCUT2D eigenvalue weighted by molar-refractivity contribution is -0.128. The van der Waals surface area contributed by atoms with Crippen LogP contribution < -0.4 is 4.72 Å². The molecule has 1 rings (SSSR count). The van der Waals surface area contributed by atoms with Crippen molar-refractivity contribution in [1.29, 1.82) is 0 Å². The lowest BCUT2D eigenvalue weighted by Crippen LogP contribution is -2.38. The minimum absolute atomic E-state index is 0.0215. The number of rotatable bonds is 9. The van der Waals surface area contributed by atoms with Crippen LogP contribution in [0.2, 0.25) is 0 Å².